The van der Waals surface area contributed by atoms with Crippen molar-refractivity contribution in [3.05, 3.63) is 0 Å². The van der Waals surface area contributed by atoms with Gasteiger partial charge in [0.15, 0.2) is 0 Å². The average molecular weight is 169 g/mol. The summed E-state index contributed by atoms with van der Waals surface area (Å²) >= 11 is 0. The van der Waals surface area contributed by atoms with Crippen LogP contribution in [0.3, 0.4) is 0 Å². The number of hydrogen-bond donors (Lipinski definition) is 2. The maximum Gasteiger partial charge on any atom is 0.321 e. The van der Waals surface area contributed by atoms with E-state index in [9.17, 15) is 4.79 Å². The molecule has 3 heteroatoms. The molecule has 0 fully saturated rings. The van der Waals surface area contributed by atoms with Crippen LogP contribution in [0.4, 0.5) is 0 Å². The van der Waals surface area contributed by atoms with Crippen LogP contribution in [0.5, 0.6) is 0 Å². The first kappa shape index (κ1) is 11.0. The molecule has 0 aromatic heterocycles. The highest BCUT2D eigenvalue weighted by molar-refractivity contribution is 5.73. The van der Waals surface area contributed by atoms with Gasteiger partial charge in [-0.05, 0) is 20.8 Å². The predicted molar refractivity (Wildman–Crippen MR) is 47.5 cm³/mol. The Morgan fingerprint density at radius 2 is 2.08 bits per heavy atom. The minimum absolute atomic E-state index is 0.0851. The van der Waals surface area contributed by atoms with Crippen molar-refractivity contribution in [1.82, 2.24) is 0 Å². The van der Waals surface area contributed by atoms with Crippen molar-refractivity contribution in [2.75, 3.05) is 0 Å². The van der Waals surface area contributed by atoms with Crippen LogP contribution in [0.2, 0.25) is 0 Å². The van der Waals surface area contributed by atoms with E-state index in [1.807, 2.05) is 20.8 Å². The molecule has 0 aliphatic rings. The Bertz CT molecular complexity index is 217. The second-order valence-corrected chi connectivity index (χ2v) is 3.70. The van der Waals surface area contributed by atoms with Crippen molar-refractivity contribution >= 4 is 5.97 Å². The molecule has 0 radical (unpaired) electrons. The summed E-state index contributed by atoms with van der Waals surface area (Å²) < 4.78 is 0. The van der Waals surface area contributed by atoms with Gasteiger partial charge in [0.1, 0.15) is 6.04 Å². The minimum atomic E-state index is -1.00. The van der Waals surface area contributed by atoms with Crippen LogP contribution in [0, 0.1) is 17.3 Å². The molecule has 0 bridgehead atoms. The van der Waals surface area contributed by atoms with E-state index in [2.05, 4.69) is 11.8 Å². The van der Waals surface area contributed by atoms with Crippen molar-refractivity contribution in [2.45, 2.75) is 33.2 Å². The van der Waals surface area contributed by atoms with Crippen molar-refractivity contribution < 1.29 is 9.90 Å². The molecular formula is C9H15NO2. The fraction of sp³-hybridized carbons (Fsp3) is 0.667. The van der Waals surface area contributed by atoms with Gasteiger partial charge in [0.2, 0.25) is 0 Å². The summed E-state index contributed by atoms with van der Waals surface area (Å²) in [5.41, 5.74) is 5.16. The highest BCUT2D eigenvalue weighted by Gasteiger charge is 2.09. The largest absolute Gasteiger partial charge is 0.480 e. The van der Waals surface area contributed by atoms with Crippen molar-refractivity contribution in [2.24, 2.45) is 11.1 Å². The molecule has 0 spiro atoms. The van der Waals surface area contributed by atoms with Crippen LogP contribution in [-0.4, -0.2) is 17.1 Å². The quantitative estimate of drug-likeness (QED) is 0.602. The number of nitrogens with two attached hydrogens (primary N) is 1. The van der Waals surface area contributed by atoms with E-state index in [0.717, 1.165) is 0 Å². The first-order valence-corrected chi connectivity index (χ1v) is 3.81. The Morgan fingerprint density at radius 1 is 1.58 bits per heavy atom. The molecule has 1 atom stereocenters. The van der Waals surface area contributed by atoms with Gasteiger partial charge >= 0.3 is 5.97 Å². The SMILES string of the molecule is CC(C)(C)C#CCC(N)C(=O)O. The predicted octanol–water partition coefficient (Wildman–Crippen LogP) is 0.838. The lowest BCUT2D eigenvalue weighted by atomic mass is 9.97. The van der Waals surface area contributed by atoms with E-state index in [1.165, 1.54) is 0 Å². The smallest absolute Gasteiger partial charge is 0.321 e. The minimum Gasteiger partial charge on any atom is -0.480 e. The normalized spacial score (nSPS) is 13.0. The number of carboxylic acids is 1. The Morgan fingerprint density at radius 3 is 2.42 bits per heavy atom. The number of carbonyl (C=O) groups is 1. The molecule has 0 saturated carbocycles. The van der Waals surface area contributed by atoms with Gasteiger partial charge in [-0.15, -0.1) is 5.92 Å². The summed E-state index contributed by atoms with van der Waals surface area (Å²) in [7, 11) is 0. The Labute approximate surface area is 73.0 Å². The maximum atomic E-state index is 10.3. The van der Waals surface area contributed by atoms with Crippen LogP contribution >= 0.6 is 0 Å². The van der Waals surface area contributed by atoms with Crippen molar-refractivity contribution in [3.63, 3.8) is 0 Å². The monoisotopic (exact) mass is 169 g/mol. The van der Waals surface area contributed by atoms with Gasteiger partial charge < -0.3 is 10.8 Å². The molecule has 0 rings (SSSR count). The van der Waals surface area contributed by atoms with E-state index < -0.39 is 12.0 Å². The molecule has 3 nitrogen and oxygen atoms in total. The molecule has 0 amide bonds. The van der Waals surface area contributed by atoms with Gasteiger partial charge in [0.25, 0.3) is 0 Å². The van der Waals surface area contributed by atoms with E-state index in [0.29, 0.717) is 0 Å². The number of hydrogen-bond acceptors (Lipinski definition) is 2. The summed E-state index contributed by atoms with van der Waals surface area (Å²) in [4.78, 5) is 10.3. The number of carboxylic acid groups (broad SMARTS) is 1. The zero-order chi connectivity index (χ0) is 9.78. The lowest BCUT2D eigenvalue weighted by Gasteiger charge is -2.07. The van der Waals surface area contributed by atoms with Crippen LogP contribution in [0.15, 0.2) is 0 Å². The summed E-state index contributed by atoms with van der Waals surface area (Å²) in [5, 5.41) is 8.42. The van der Waals surface area contributed by atoms with Gasteiger partial charge in [-0.1, -0.05) is 5.92 Å². The first-order chi connectivity index (χ1) is 5.33. The summed E-state index contributed by atoms with van der Waals surface area (Å²) in [5.74, 6) is 4.66. The van der Waals surface area contributed by atoms with Gasteiger partial charge in [0, 0.05) is 11.8 Å². The van der Waals surface area contributed by atoms with Crippen molar-refractivity contribution in [3.8, 4) is 11.8 Å². The lowest BCUT2D eigenvalue weighted by molar-refractivity contribution is -0.138. The zero-order valence-electron chi connectivity index (χ0n) is 7.72. The zero-order valence-corrected chi connectivity index (χ0v) is 7.72. The second kappa shape index (κ2) is 4.13. The summed E-state index contributed by atoms with van der Waals surface area (Å²) in [6, 6.07) is -0.861. The fourth-order valence-corrected chi connectivity index (χ4v) is 0.513. The molecule has 0 aliphatic heterocycles. The van der Waals surface area contributed by atoms with Gasteiger partial charge in [-0.25, -0.2) is 0 Å². The molecule has 0 aliphatic carbocycles. The third-order valence-corrected chi connectivity index (χ3v) is 1.10. The van der Waals surface area contributed by atoms with Crippen molar-refractivity contribution in [1.29, 1.82) is 0 Å². The van der Waals surface area contributed by atoms with Crippen LogP contribution < -0.4 is 5.73 Å². The molecule has 68 valence electrons. The second-order valence-electron chi connectivity index (χ2n) is 3.70. The highest BCUT2D eigenvalue weighted by Crippen LogP contribution is 2.09. The van der Waals surface area contributed by atoms with Crippen LogP contribution in [0.1, 0.15) is 27.2 Å². The van der Waals surface area contributed by atoms with Crippen LogP contribution in [0.25, 0.3) is 0 Å². The fourth-order valence-electron chi connectivity index (χ4n) is 0.513. The third kappa shape index (κ3) is 5.75. The number of rotatable bonds is 2. The molecule has 12 heavy (non-hydrogen) atoms. The van der Waals surface area contributed by atoms with Crippen LogP contribution in [-0.2, 0) is 4.79 Å². The van der Waals surface area contributed by atoms with E-state index >= 15 is 0 Å². The summed E-state index contributed by atoms with van der Waals surface area (Å²) in [6.45, 7) is 5.89. The Hall–Kier alpha value is -1.01. The van der Waals surface area contributed by atoms with Gasteiger partial charge in [-0.3, -0.25) is 4.79 Å². The molecule has 1 unspecified atom stereocenters. The van der Waals surface area contributed by atoms with E-state index in [4.69, 9.17) is 10.8 Å². The first-order valence-electron chi connectivity index (χ1n) is 3.81. The number of aliphatic carboxylic acids is 1. The third-order valence-electron chi connectivity index (χ3n) is 1.10. The highest BCUT2D eigenvalue weighted by atomic mass is 16.4. The standard InChI is InChI=1S/C9H15NO2/c1-9(2,3)6-4-5-7(10)8(11)12/h7H,5,10H2,1-3H3,(H,11,12). The maximum absolute atomic E-state index is 10.3. The molecule has 3 N–H and O–H groups in total. The average Bonchev–Trinajstić information content (AvgIpc) is 1.84. The Kier molecular flexibility index (Phi) is 3.78. The summed E-state index contributed by atoms with van der Waals surface area (Å²) in [6.07, 6.45) is 0.215. The van der Waals surface area contributed by atoms with Gasteiger partial charge in [-0.2, -0.15) is 0 Å². The molecule has 0 aromatic carbocycles. The molecule has 0 saturated heterocycles. The molecule has 0 heterocycles. The van der Waals surface area contributed by atoms with E-state index in [1.54, 1.807) is 0 Å². The molecular weight excluding hydrogens is 154 g/mol. The molecule has 0 aromatic rings. The Balaban J connectivity index is 3.96. The topological polar surface area (TPSA) is 63.3 Å². The van der Waals surface area contributed by atoms with E-state index in [-0.39, 0.29) is 11.8 Å². The van der Waals surface area contributed by atoms with Gasteiger partial charge in [0.05, 0.1) is 0 Å². The lowest BCUT2D eigenvalue weighted by Crippen LogP contribution is -2.29.